The lowest BCUT2D eigenvalue weighted by Crippen LogP contribution is -2.33. The van der Waals surface area contributed by atoms with Gasteiger partial charge in [0.2, 0.25) is 5.91 Å². The third-order valence-corrected chi connectivity index (χ3v) is 8.54. The molecule has 0 fully saturated rings. The molecule has 0 saturated heterocycles. The van der Waals surface area contributed by atoms with Gasteiger partial charge in [-0.1, -0.05) is 12.1 Å². The van der Waals surface area contributed by atoms with E-state index in [2.05, 4.69) is 6.07 Å². The Morgan fingerprint density at radius 1 is 1.06 bits per heavy atom. The number of hydrogen-bond acceptors (Lipinski definition) is 7. The van der Waals surface area contributed by atoms with Gasteiger partial charge in [-0.05, 0) is 42.3 Å². The van der Waals surface area contributed by atoms with Gasteiger partial charge in [-0.25, -0.2) is 4.98 Å². The number of ketones is 1. The van der Waals surface area contributed by atoms with E-state index in [1.165, 1.54) is 5.56 Å². The molecule has 0 unspecified atom stereocenters. The third kappa shape index (κ3) is 3.76. The van der Waals surface area contributed by atoms with Crippen LogP contribution < -0.4 is 9.47 Å². The molecular formula is C26H22N2O4S2. The van der Waals surface area contributed by atoms with Crippen molar-refractivity contribution in [1.29, 1.82) is 0 Å². The number of amides is 1. The smallest absolute Gasteiger partial charge is 0.219 e. The molecule has 6 nitrogen and oxygen atoms in total. The number of benzene rings is 2. The Kier molecular flexibility index (Phi) is 5.34. The van der Waals surface area contributed by atoms with Crippen molar-refractivity contribution >= 4 is 44.6 Å². The maximum absolute atomic E-state index is 13.4. The molecule has 0 saturated carbocycles. The second kappa shape index (κ2) is 8.52. The summed E-state index contributed by atoms with van der Waals surface area (Å²) in [6.45, 7) is 3.89. The molecule has 172 valence electrons. The molecule has 8 heteroatoms. The summed E-state index contributed by atoms with van der Waals surface area (Å²) in [4.78, 5) is 34.3. The van der Waals surface area contributed by atoms with Gasteiger partial charge in [-0.15, -0.1) is 22.7 Å². The summed E-state index contributed by atoms with van der Waals surface area (Å²) < 4.78 is 12.4. The first-order chi connectivity index (χ1) is 16.6. The van der Waals surface area contributed by atoms with Crippen molar-refractivity contribution in [2.24, 2.45) is 0 Å². The molecule has 1 amide bonds. The molecule has 4 heterocycles. The second-order valence-electron chi connectivity index (χ2n) is 8.44. The van der Waals surface area contributed by atoms with E-state index in [1.807, 2.05) is 23.1 Å². The predicted octanol–water partition coefficient (Wildman–Crippen LogP) is 5.13. The molecule has 34 heavy (non-hydrogen) atoms. The highest BCUT2D eigenvalue weighted by molar-refractivity contribution is 7.22. The van der Waals surface area contributed by atoms with Crippen LogP contribution in [0, 0.1) is 0 Å². The first-order valence-electron chi connectivity index (χ1n) is 11.2. The van der Waals surface area contributed by atoms with Crippen molar-refractivity contribution in [1.82, 2.24) is 9.88 Å². The van der Waals surface area contributed by atoms with Crippen LogP contribution in [0.25, 0.3) is 20.8 Å². The molecule has 0 N–H and O–H groups in total. The average molecular weight is 491 g/mol. The number of nitrogens with zero attached hydrogens (tertiary/aromatic N) is 2. The number of ether oxygens (including phenoxy) is 2. The Balaban J connectivity index is 1.40. The monoisotopic (exact) mass is 490 g/mol. The fourth-order valence-electron chi connectivity index (χ4n) is 4.55. The van der Waals surface area contributed by atoms with Crippen LogP contribution in [0.3, 0.4) is 0 Å². The summed E-state index contributed by atoms with van der Waals surface area (Å²) in [5.41, 5.74) is 3.88. The Morgan fingerprint density at radius 2 is 1.88 bits per heavy atom. The number of hydrogen-bond donors (Lipinski definition) is 0. The molecule has 2 aliphatic heterocycles. The molecule has 0 bridgehead atoms. The highest BCUT2D eigenvalue weighted by atomic mass is 32.1. The standard InChI is InChI=1S/C26H22N2O4S2/c1-15(29)28-9-8-17-24(14-28)33-23(25(17)26-27-18-4-2-3-5-22(18)34-26)13-19(30)16-6-7-20-21(12-16)32-11-10-31-20/h2-7,12H,8-11,13-14H2,1H3. The lowest BCUT2D eigenvalue weighted by atomic mass is 9.99. The Bertz CT molecular complexity index is 1410. The van der Waals surface area contributed by atoms with E-state index >= 15 is 0 Å². The predicted molar refractivity (Wildman–Crippen MR) is 133 cm³/mol. The number of carbonyl (C=O) groups is 2. The number of fused-ring (bicyclic) bond motifs is 3. The highest BCUT2D eigenvalue weighted by Crippen LogP contribution is 2.43. The van der Waals surface area contributed by atoms with Crippen molar-refractivity contribution in [3.05, 3.63) is 63.3 Å². The lowest BCUT2D eigenvalue weighted by Gasteiger charge is -2.26. The Morgan fingerprint density at radius 3 is 2.71 bits per heavy atom. The molecule has 2 aromatic heterocycles. The first kappa shape index (κ1) is 21.3. The number of carbonyl (C=O) groups excluding carboxylic acids is 2. The van der Waals surface area contributed by atoms with Gasteiger partial charge in [0.05, 0.1) is 16.8 Å². The van der Waals surface area contributed by atoms with E-state index in [0.29, 0.717) is 43.4 Å². The third-order valence-electron chi connectivity index (χ3n) is 6.27. The average Bonchev–Trinajstić information content (AvgIpc) is 3.43. The molecular weight excluding hydrogens is 468 g/mol. The van der Waals surface area contributed by atoms with Gasteiger partial charge in [-0.3, -0.25) is 9.59 Å². The molecule has 0 radical (unpaired) electrons. The maximum atomic E-state index is 13.4. The van der Waals surface area contributed by atoms with E-state index in [4.69, 9.17) is 14.5 Å². The molecule has 0 aliphatic carbocycles. The highest BCUT2D eigenvalue weighted by Gasteiger charge is 2.29. The minimum atomic E-state index is 0.0290. The quantitative estimate of drug-likeness (QED) is 0.371. The molecule has 2 aromatic carbocycles. The summed E-state index contributed by atoms with van der Waals surface area (Å²) in [6.07, 6.45) is 1.05. The lowest BCUT2D eigenvalue weighted by molar-refractivity contribution is -0.129. The summed E-state index contributed by atoms with van der Waals surface area (Å²) in [5.74, 6) is 1.40. The fourth-order valence-corrected chi connectivity index (χ4v) is 7.05. The number of para-hydroxylation sites is 1. The zero-order chi connectivity index (χ0) is 23.2. The van der Waals surface area contributed by atoms with Crippen LogP contribution in [-0.2, 0) is 24.2 Å². The minimum absolute atomic E-state index is 0.0290. The van der Waals surface area contributed by atoms with Gasteiger partial charge in [0.15, 0.2) is 17.3 Å². The zero-order valence-electron chi connectivity index (χ0n) is 18.6. The Hall–Kier alpha value is -3.23. The summed E-state index contributed by atoms with van der Waals surface area (Å²) in [5, 5.41) is 0.944. The first-order valence-corrected chi connectivity index (χ1v) is 12.9. The van der Waals surface area contributed by atoms with Crippen molar-refractivity contribution in [3.63, 3.8) is 0 Å². The fraction of sp³-hybridized carbons (Fsp3) is 0.269. The van der Waals surface area contributed by atoms with Crippen LogP contribution in [0.15, 0.2) is 42.5 Å². The van der Waals surface area contributed by atoms with Crippen molar-refractivity contribution in [3.8, 4) is 22.1 Å². The van der Waals surface area contributed by atoms with Crippen LogP contribution in [0.5, 0.6) is 11.5 Å². The largest absolute Gasteiger partial charge is 0.486 e. The van der Waals surface area contributed by atoms with Crippen LogP contribution in [0.1, 0.15) is 32.6 Å². The van der Waals surface area contributed by atoms with Gasteiger partial charge >= 0.3 is 0 Å². The summed E-state index contributed by atoms with van der Waals surface area (Å²) >= 11 is 3.29. The molecule has 0 atom stereocenters. The molecule has 4 aromatic rings. The molecule has 6 rings (SSSR count). The van der Waals surface area contributed by atoms with Crippen LogP contribution in [0.2, 0.25) is 0 Å². The van der Waals surface area contributed by atoms with E-state index in [0.717, 1.165) is 37.0 Å². The van der Waals surface area contributed by atoms with E-state index in [1.54, 1.807) is 47.8 Å². The van der Waals surface area contributed by atoms with Gasteiger partial charge < -0.3 is 14.4 Å². The van der Waals surface area contributed by atoms with Gasteiger partial charge in [0.25, 0.3) is 0 Å². The second-order valence-corrected chi connectivity index (χ2v) is 10.7. The minimum Gasteiger partial charge on any atom is -0.486 e. The molecule has 0 spiro atoms. The number of aromatic nitrogens is 1. The topological polar surface area (TPSA) is 68.7 Å². The summed E-state index contributed by atoms with van der Waals surface area (Å²) in [6, 6.07) is 13.5. The number of thiophene rings is 1. The summed E-state index contributed by atoms with van der Waals surface area (Å²) in [7, 11) is 0. The Labute approximate surface area is 204 Å². The van der Waals surface area contributed by atoms with Crippen LogP contribution in [-0.4, -0.2) is 41.3 Å². The number of rotatable bonds is 4. The van der Waals surface area contributed by atoms with Gasteiger partial charge in [-0.2, -0.15) is 0 Å². The van der Waals surface area contributed by atoms with E-state index in [-0.39, 0.29) is 18.1 Å². The number of thiazole rings is 1. The van der Waals surface area contributed by atoms with Crippen LogP contribution in [0.4, 0.5) is 0 Å². The van der Waals surface area contributed by atoms with Crippen molar-refractivity contribution < 1.29 is 19.1 Å². The number of Topliss-reactive ketones (excluding diaryl/α,β-unsaturated/α-hetero) is 1. The van der Waals surface area contributed by atoms with Crippen molar-refractivity contribution in [2.75, 3.05) is 19.8 Å². The van der Waals surface area contributed by atoms with E-state index < -0.39 is 0 Å². The normalized spacial score (nSPS) is 14.8. The van der Waals surface area contributed by atoms with Crippen molar-refractivity contribution in [2.45, 2.75) is 26.3 Å². The van der Waals surface area contributed by atoms with Crippen LogP contribution >= 0.6 is 22.7 Å². The van der Waals surface area contributed by atoms with Gasteiger partial charge in [0.1, 0.15) is 18.2 Å². The van der Waals surface area contributed by atoms with E-state index in [9.17, 15) is 9.59 Å². The van der Waals surface area contributed by atoms with Gasteiger partial charge in [0, 0.05) is 40.8 Å². The zero-order valence-corrected chi connectivity index (χ0v) is 20.3. The molecule has 2 aliphatic rings. The maximum Gasteiger partial charge on any atom is 0.219 e. The SMILES string of the molecule is CC(=O)N1CCc2c(sc(CC(=O)c3ccc4c(c3)OCCO4)c2-c2nc3ccccc3s2)C1.